The van der Waals surface area contributed by atoms with Gasteiger partial charge in [0.1, 0.15) is 0 Å². The average Bonchev–Trinajstić information content (AvgIpc) is 2.36. The summed E-state index contributed by atoms with van der Waals surface area (Å²) in [5.41, 5.74) is 3.33. The molecule has 0 aromatic heterocycles. The van der Waals surface area contributed by atoms with Gasteiger partial charge in [-0.05, 0) is 72.7 Å². The predicted octanol–water partition coefficient (Wildman–Crippen LogP) is 4.96. The first-order valence-corrected chi connectivity index (χ1v) is 8.74. The lowest BCUT2D eigenvalue weighted by atomic mass is 9.82. The van der Waals surface area contributed by atoms with Crippen LogP contribution in [0.15, 0.2) is 22.7 Å². The second kappa shape index (κ2) is 6.29. The van der Waals surface area contributed by atoms with Crippen LogP contribution in [0.4, 0.5) is 5.69 Å². The van der Waals surface area contributed by atoms with Crippen molar-refractivity contribution in [3.8, 4) is 0 Å². The van der Waals surface area contributed by atoms with Crippen LogP contribution in [0, 0.1) is 5.41 Å². The molecule has 1 aliphatic rings. The molecule has 0 spiro atoms. The van der Waals surface area contributed by atoms with Crippen LogP contribution in [0.1, 0.15) is 53.0 Å². The van der Waals surface area contributed by atoms with E-state index in [1.165, 1.54) is 28.6 Å². The highest BCUT2D eigenvalue weighted by Gasteiger charge is 2.26. The molecule has 0 amide bonds. The second-order valence-corrected chi connectivity index (χ2v) is 8.89. The maximum absolute atomic E-state index is 3.76. The maximum atomic E-state index is 3.76. The van der Waals surface area contributed by atoms with Crippen LogP contribution in [0.3, 0.4) is 0 Å². The van der Waals surface area contributed by atoms with Gasteiger partial charge in [0.15, 0.2) is 0 Å². The second-order valence-electron chi connectivity index (χ2n) is 8.04. The molecule has 2 rings (SSSR count). The first-order chi connectivity index (χ1) is 9.66. The predicted molar refractivity (Wildman–Crippen MR) is 96.0 cm³/mol. The number of nitrogens with zero attached hydrogens (tertiary/aromatic N) is 1. The molecule has 0 aliphatic carbocycles. The van der Waals surface area contributed by atoms with Crippen LogP contribution in [0.5, 0.6) is 0 Å². The third-order valence-electron chi connectivity index (χ3n) is 4.29. The Morgan fingerprint density at radius 3 is 2.33 bits per heavy atom. The van der Waals surface area contributed by atoms with Gasteiger partial charge in [0, 0.05) is 29.6 Å². The zero-order valence-corrected chi connectivity index (χ0v) is 15.7. The Morgan fingerprint density at radius 2 is 1.81 bits per heavy atom. The fraction of sp³-hybridized carbons (Fsp3) is 0.667. The fourth-order valence-corrected chi connectivity index (χ4v) is 3.31. The number of benzene rings is 1. The minimum Gasteiger partial charge on any atom is -0.371 e. The topological polar surface area (TPSA) is 15.3 Å². The van der Waals surface area contributed by atoms with Crippen molar-refractivity contribution in [2.75, 3.05) is 18.0 Å². The van der Waals surface area contributed by atoms with Crippen LogP contribution >= 0.6 is 15.9 Å². The monoisotopic (exact) mass is 352 g/mol. The lowest BCUT2D eigenvalue weighted by Crippen LogP contribution is -2.37. The van der Waals surface area contributed by atoms with Crippen LogP contribution < -0.4 is 10.2 Å². The summed E-state index contributed by atoms with van der Waals surface area (Å²) >= 11 is 3.76. The summed E-state index contributed by atoms with van der Waals surface area (Å²) < 4.78 is 1.22. The molecule has 1 aromatic rings. The number of anilines is 1. The molecule has 0 unspecified atom stereocenters. The number of nitrogens with one attached hydrogen (secondary N) is 1. The van der Waals surface area contributed by atoms with Crippen molar-refractivity contribution < 1.29 is 0 Å². The lowest BCUT2D eigenvalue weighted by Gasteiger charge is -2.38. The first kappa shape index (κ1) is 16.8. The van der Waals surface area contributed by atoms with Gasteiger partial charge in [-0.2, -0.15) is 0 Å². The summed E-state index contributed by atoms with van der Waals surface area (Å²) in [5, 5.41) is 3.54. The number of piperidine rings is 1. The fourth-order valence-electron chi connectivity index (χ4n) is 2.64. The van der Waals surface area contributed by atoms with E-state index in [-0.39, 0.29) is 5.54 Å². The van der Waals surface area contributed by atoms with Gasteiger partial charge < -0.3 is 10.2 Å². The normalized spacial score (nSPS) is 18.9. The Bertz CT molecular complexity index is 478. The maximum Gasteiger partial charge on any atom is 0.0510 e. The van der Waals surface area contributed by atoms with E-state index in [0.717, 1.165) is 19.6 Å². The lowest BCUT2D eigenvalue weighted by molar-refractivity contribution is 0.279. The molecule has 1 aromatic carbocycles. The van der Waals surface area contributed by atoms with E-state index in [9.17, 15) is 0 Å². The molecule has 0 bridgehead atoms. The Kier molecular flexibility index (Phi) is 5.04. The zero-order valence-electron chi connectivity index (χ0n) is 14.1. The van der Waals surface area contributed by atoms with E-state index in [2.05, 4.69) is 79.0 Å². The highest BCUT2D eigenvalue weighted by Crippen LogP contribution is 2.35. The molecule has 0 atom stereocenters. The van der Waals surface area contributed by atoms with E-state index < -0.39 is 0 Å². The molecule has 21 heavy (non-hydrogen) atoms. The third kappa shape index (κ3) is 5.00. The average molecular weight is 353 g/mol. The molecule has 1 fully saturated rings. The van der Waals surface area contributed by atoms with E-state index in [0.29, 0.717) is 5.41 Å². The number of rotatable bonds is 3. The minimum absolute atomic E-state index is 0.156. The summed E-state index contributed by atoms with van der Waals surface area (Å²) in [4.78, 5) is 2.51. The van der Waals surface area contributed by atoms with Gasteiger partial charge in [0.2, 0.25) is 0 Å². The summed E-state index contributed by atoms with van der Waals surface area (Å²) in [6.45, 7) is 14.6. The number of hydrogen-bond acceptors (Lipinski definition) is 2. The van der Waals surface area contributed by atoms with Crippen molar-refractivity contribution in [2.24, 2.45) is 5.41 Å². The van der Waals surface area contributed by atoms with Crippen molar-refractivity contribution in [2.45, 2.75) is 59.5 Å². The van der Waals surface area contributed by atoms with Gasteiger partial charge in [-0.25, -0.2) is 0 Å². The molecule has 2 nitrogen and oxygen atoms in total. The number of halogens is 1. The third-order valence-corrected chi connectivity index (χ3v) is 4.93. The molecule has 118 valence electrons. The van der Waals surface area contributed by atoms with E-state index in [1.54, 1.807) is 0 Å². The van der Waals surface area contributed by atoms with Crippen molar-refractivity contribution in [1.82, 2.24) is 5.32 Å². The highest BCUT2D eigenvalue weighted by atomic mass is 79.9. The summed E-state index contributed by atoms with van der Waals surface area (Å²) in [6.07, 6.45) is 2.54. The van der Waals surface area contributed by atoms with Crippen LogP contribution in [-0.4, -0.2) is 18.6 Å². The van der Waals surface area contributed by atoms with Crippen LogP contribution in [0.2, 0.25) is 0 Å². The van der Waals surface area contributed by atoms with Gasteiger partial charge in [0.25, 0.3) is 0 Å². The quantitative estimate of drug-likeness (QED) is 0.826. The van der Waals surface area contributed by atoms with Crippen LogP contribution in [-0.2, 0) is 6.54 Å². The Hall–Kier alpha value is -0.540. The zero-order chi connectivity index (χ0) is 15.7. The van der Waals surface area contributed by atoms with E-state index in [4.69, 9.17) is 0 Å². The summed E-state index contributed by atoms with van der Waals surface area (Å²) in [5.74, 6) is 0. The molecule has 1 N–H and O–H groups in total. The largest absolute Gasteiger partial charge is 0.371 e. The molecular formula is C18H29BrN2. The Morgan fingerprint density at radius 1 is 1.19 bits per heavy atom. The smallest absolute Gasteiger partial charge is 0.0510 e. The van der Waals surface area contributed by atoms with Crippen molar-refractivity contribution >= 4 is 21.6 Å². The summed E-state index contributed by atoms with van der Waals surface area (Å²) in [6, 6.07) is 6.77. The van der Waals surface area contributed by atoms with Crippen molar-refractivity contribution in [3.63, 3.8) is 0 Å². The van der Waals surface area contributed by atoms with E-state index in [1.807, 2.05) is 0 Å². The highest BCUT2D eigenvalue weighted by molar-refractivity contribution is 9.10. The van der Waals surface area contributed by atoms with Gasteiger partial charge >= 0.3 is 0 Å². The molecule has 1 saturated heterocycles. The Balaban J connectivity index is 2.03. The Labute approximate surface area is 138 Å². The van der Waals surface area contributed by atoms with Gasteiger partial charge in [-0.15, -0.1) is 0 Å². The van der Waals surface area contributed by atoms with Crippen molar-refractivity contribution in [3.05, 3.63) is 28.2 Å². The van der Waals surface area contributed by atoms with Crippen LogP contribution in [0.25, 0.3) is 0 Å². The number of hydrogen-bond donors (Lipinski definition) is 1. The molecule has 1 aliphatic heterocycles. The summed E-state index contributed by atoms with van der Waals surface area (Å²) in [7, 11) is 0. The standard InChI is InChI=1S/C18H29BrN2/c1-17(2,3)20-13-14-6-7-16(15(19)12-14)21-10-8-18(4,5)9-11-21/h6-7,12,20H,8-11,13H2,1-5H3. The minimum atomic E-state index is 0.156. The van der Waals surface area contributed by atoms with Crippen molar-refractivity contribution in [1.29, 1.82) is 0 Å². The molecule has 1 heterocycles. The van der Waals surface area contributed by atoms with E-state index >= 15 is 0 Å². The molecule has 0 radical (unpaired) electrons. The van der Waals surface area contributed by atoms with Gasteiger partial charge in [0.05, 0.1) is 5.69 Å². The molecule has 3 heteroatoms. The SMILES string of the molecule is CC1(C)CCN(c2ccc(CNC(C)(C)C)cc2Br)CC1. The first-order valence-electron chi connectivity index (χ1n) is 7.95. The van der Waals surface area contributed by atoms with Gasteiger partial charge in [-0.3, -0.25) is 0 Å². The molecule has 0 saturated carbocycles. The molecular weight excluding hydrogens is 324 g/mol. The van der Waals surface area contributed by atoms with Gasteiger partial charge in [-0.1, -0.05) is 19.9 Å².